The summed E-state index contributed by atoms with van der Waals surface area (Å²) in [6.07, 6.45) is 2.26. The fourth-order valence-electron chi connectivity index (χ4n) is 11.9. The van der Waals surface area contributed by atoms with Gasteiger partial charge in [0.25, 0.3) is 0 Å². The van der Waals surface area contributed by atoms with Crippen molar-refractivity contribution < 1.29 is 0 Å². The maximum atomic E-state index is 2.50. The number of hydrogen-bond acceptors (Lipinski definition) is 1. The van der Waals surface area contributed by atoms with Gasteiger partial charge in [-0.1, -0.05) is 133 Å². The molecule has 0 bridgehead atoms. The van der Waals surface area contributed by atoms with Gasteiger partial charge in [-0.15, -0.1) is 11.8 Å². The van der Waals surface area contributed by atoms with Crippen molar-refractivity contribution in [3.63, 3.8) is 0 Å². The molecule has 326 valence electrons. The molecule has 0 radical (unpaired) electrons. The third-order valence-electron chi connectivity index (χ3n) is 15.0. The molecule has 2 unspecified atom stereocenters. The average molecular weight is 901 g/mol. The molecule has 0 N–H and O–H groups in total. The minimum atomic E-state index is 0.384. The lowest BCUT2D eigenvalue weighted by atomic mass is 10.0. The van der Waals surface area contributed by atoms with Crippen molar-refractivity contribution >= 4 is 99.0 Å². The molecule has 0 aliphatic carbocycles. The molecule has 2 atom stereocenters. The fraction of sp³-hybridized carbons (Fsp3) is 0.0625. The Bertz CT molecular complexity index is 4050. The summed E-state index contributed by atoms with van der Waals surface area (Å²) < 4.78 is 9.87. The maximum absolute atomic E-state index is 2.50. The van der Waals surface area contributed by atoms with Crippen molar-refractivity contribution in [3.05, 3.63) is 242 Å². The highest BCUT2D eigenvalue weighted by atomic mass is 32.2. The van der Waals surface area contributed by atoms with Crippen LogP contribution in [0.4, 0.5) is 0 Å². The Morgan fingerprint density at radius 2 is 0.522 bits per heavy atom. The van der Waals surface area contributed by atoms with E-state index in [0.717, 1.165) is 12.8 Å². The Hall–Kier alpha value is -8.25. The smallest absolute Gasteiger partial charge is 0.0548 e. The van der Waals surface area contributed by atoms with E-state index in [1.165, 1.54) is 121 Å². The molecule has 1 fully saturated rings. The SMILES string of the molecule is c1ccc(-n2c3ccccc3c3cc4c(cc32)c2ccc(C3CCC(c5ccc6c7cc8c(cc7n(-c7ccccc7)c6c5)c5ccccc5n8-c5ccccc5)S3)cc2n4-c2ccccc2)cc1. The number of aromatic nitrogens is 4. The molecule has 10 aromatic carbocycles. The summed E-state index contributed by atoms with van der Waals surface area (Å²) in [5.74, 6) is 0. The Labute approximate surface area is 402 Å². The third-order valence-corrected chi connectivity index (χ3v) is 16.7. The standard InChI is InChI=1S/C64H44N4S/c1-5-17-43(18-6-1)65-55-27-15-13-25-47(55)51-37-61-53(39-59(51)65)49-31-29-41(35-57(49)67(61)45-21-9-3-10-22-45)63-33-34-64(69-63)42-30-32-50-54-40-60-52(38-62(54)68(58(50)36-42)46-23-11-4-12-24-46)48-26-14-16-28-56(48)66(60)44-19-7-2-8-20-44/h1-32,35-40,63-64H,33-34H2. The molecule has 0 saturated carbocycles. The lowest BCUT2D eigenvalue weighted by Gasteiger charge is -2.15. The van der Waals surface area contributed by atoms with Crippen LogP contribution in [-0.4, -0.2) is 18.3 Å². The summed E-state index contributed by atoms with van der Waals surface area (Å²) in [6.45, 7) is 0. The minimum Gasteiger partial charge on any atom is -0.309 e. The van der Waals surface area contributed by atoms with Crippen LogP contribution in [0.25, 0.3) is 110 Å². The van der Waals surface area contributed by atoms with Crippen LogP contribution in [0, 0.1) is 0 Å². The van der Waals surface area contributed by atoms with Crippen molar-refractivity contribution in [1.82, 2.24) is 18.3 Å². The number of nitrogens with zero attached hydrogens (tertiary/aromatic N) is 4. The van der Waals surface area contributed by atoms with Gasteiger partial charge in [0.1, 0.15) is 0 Å². The highest BCUT2D eigenvalue weighted by Crippen LogP contribution is 2.54. The lowest BCUT2D eigenvalue weighted by Crippen LogP contribution is -1.96. The summed E-state index contributed by atoms with van der Waals surface area (Å²) in [5, 5.41) is 10.9. The number of fused-ring (bicyclic) bond motifs is 12. The normalized spacial score (nSPS) is 15.4. The Morgan fingerprint density at radius 1 is 0.246 bits per heavy atom. The topological polar surface area (TPSA) is 19.7 Å². The molecule has 5 heterocycles. The van der Waals surface area contributed by atoms with Crippen LogP contribution < -0.4 is 0 Å². The third kappa shape index (κ3) is 5.84. The van der Waals surface area contributed by atoms with Crippen molar-refractivity contribution in [2.75, 3.05) is 0 Å². The van der Waals surface area contributed by atoms with E-state index in [1.807, 2.05) is 0 Å². The fourth-order valence-corrected chi connectivity index (χ4v) is 13.5. The quantitative estimate of drug-likeness (QED) is 0.163. The van der Waals surface area contributed by atoms with Crippen LogP contribution in [0.15, 0.2) is 231 Å². The van der Waals surface area contributed by atoms with E-state index in [9.17, 15) is 0 Å². The Kier molecular flexibility index (Phi) is 8.51. The molecular formula is C64H44N4S. The summed E-state index contributed by atoms with van der Waals surface area (Å²) in [6, 6.07) is 85.5. The zero-order valence-corrected chi connectivity index (χ0v) is 38.5. The first-order valence-electron chi connectivity index (χ1n) is 24.1. The van der Waals surface area contributed by atoms with Gasteiger partial charge in [0.15, 0.2) is 0 Å². The highest BCUT2D eigenvalue weighted by molar-refractivity contribution is 8.00. The van der Waals surface area contributed by atoms with E-state index in [0.29, 0.717) is 10.5 Å². The lowest BCUT2D eigenvalue weighted by molar-refractivity contribution is 0.766. The highest BCUT2D eigenvalue weighted by Gasteiger charge is 2.30. The first kappa shape index (κ1) is 38.8. The van der Waals surface area contributed by atoms with Crippen LogP contribution in [0.1, 0.15) is 34.5 Å². The molecule has 0 spiro atoms. The molecule has 1 saturated heterocycles. The van der Waals surface area contributed by atoms with Gasteiger partial charge in [-0.2, -0.15) is 0 Å². The van der Waals surface area contributed by atoms with Crippen LogP contribution in [0.3, 0.4) is 0 Å². The van der Waals surface area contributed by atoms with Gasteiger partial charge < -0.3 is 18.3 Å². The Balaban J connectivity index is 0.856. The number of rotatable bonds is 6. The molecule has 69 heavy (non-hydrogen) atoms. The second-order valence-electron chi connectivity index (χ2n) is 18.7. The molecule has 1 aliphatic rings. The van der Waals surface area contributed by atoms with Crippen LogP contribution in [0.5, 0.6) is 0 Å². The van der Waals surface area contributed by atoms with E-state index in [-0.39, 0.29) is 0 Å². The molecule has 4 nitrogen and oxygen atoms in total. The zero-order chi connectivity index (χ0) is 45.2. The van der Waals surface area contributed by atoms with Gasteiger partial charge in [0, 0.05) is 76.3 Å². The second kappa shape index (κ2) is 15.1. The van der Waals surface area contributed by atoms with Crippen molar-refractivity contribution in [2.24, 2.45) is 0 Å². The second-order valence-corrected chi connectivity index (χ2v) is 20.1. The number of benzene rings is 10. The molecular weight excluding hydrogens is 857 g/mol. The monoisotopic (exact) mass is 900 g/mol. The number of hydrogen-bond donors (Lipinski definition) is 0. The van der Waals surface area contributed by atoms with Crippen molar-refractivity contribution in [3.8, 4) is 22.7 Å². The van der Waals surface area contributed by atoms with Gasteiger partial charge in [-0.25, -0.2) is 0 Å². The van der Waals surface area contributed by atoms with Gasteiger partial charge in [0.05, 0.1) is 44.1 Å². The summed E-state index contributed by atoms with van der Waals surface area (Å²) >= 11 is 2.13. The van der Waals surface area contributed by atoms with Crippen molar-refractivity contribution in [2.45, 2.75) is 23.3 Å². The Morgan fingerprint density at radius 3 is 0.870 bits per heavy atom. The molecule has 5 heteroatoms. The van der Waals surface area contributed by atoms with Gasteiger partial charge in [-0.05, 0) is 121 Å². The first-order chi connectivity index (χ1) is 34.2. The van der Waals surface area contributed by atoms with Gasteiger partial charge in [0.2, 0.25) is 0 Å². The predicted octanol–water partition coefficient (Wildman–Crippen LogP) is 17.4. The van der Waals surface area contributed by atoms with E-state index >= 15 is 0 Å². The zero-order valence-electron chi connectivity index (χ0n) is 37.7. The minimum absolute atomic E-state index is 0.384. The maximum Gasteiger partial charge on any atom is 0.0548 e. The van der Waals surface area contributed by atoms with Gasteiger partial charge >= 0.3 is 0 Å². The van der Waals surface area contributed by atoms with Crippen LogP contribution in [-0.2, 0) is 0 Å². The van der Waals surface area contributed by atoms with E-state index in [4.69, 9.17) is 0 Å². The van der Waals surface area contributed by atoms with Crippen molar-refractivity contribution in [1.29, 1.82) is 0 Å². The number of para-hydroxylation sites is 6. The van der Waals surface area contributed by atoms with E-state index in [2.05, 4.69) is 261 Å². The summed E-state index contributed by atoms with van der Waals surface area (Å²) in [4.78, 5) is 0. The molecule has 1 aliphatic heterocycles. The van der Waals surface area contributed by atoms with Crippen LogP contribution in [0.2, 0.25) is 0 Å². The van der Waals surface area contributed by atoms with E-state index in [1.54, 1.807) is 0 Å². The molecule has 0 amide bonds. The van der Waals surface area contributed by atoms with E-state index < -0.39 is 0 Å². The molecule has 4 aromatic heterocycles. The molecule has 15 rings (SSSR count). The predicted molar refractivity (Wildman–Crippen MR) is 293 cm³/mol. The largest absolute Gasteiger partial charge is 0.309 e. The summed E-state index contributed by atoms with van der Waals surface area (Å²) in [7, 11) is 0. The number of thioether (sulfide) groups is 1. The summed E-state index contributed by atoms with van der Waals surface area (Å²) in [5.41, 5.74) is 17.4. The average Bonchev–Trinajstić information content (AvgIpc) is 4.24. The van der Waals surface area contributed by atoms with Crippen LogP contribution >= 0.6 is 11.8 Å². The molecule has 14 aromatic rings. The van der Waals surface area contributed by atoms with Gasteiger partial charge in [-0.3, -0.25) is 0 Å². The first-order valence-corrected chi connectivity index (χ1v) is 25.1.